The van der Waals surface area contributed by atoms with Crippen molar-refractivity contribution in [1.29, 1.82) is 0 Å². The van der Waals surface area contributed by atoms with E-state index in [1.807, 2.05) is 0 Å². The molecule has 0 saturated carbocycles. The van der Waals surface area contributed by atoms with Crippen LogP contribution < -0.4 is 0 Å². The van der Waals surface area contributed by atoms with E-state index in [9.17, 15) is 4.79 Å². The lowest BCUT2D eigenvalue weighted by Crippen LogP contribution is -1.97. The number of nitrogens with one attached hydrogen (secondary N) is 1. The van der Waals surface area contributed by atoms with E-state index in [0.717, 1.165) is 0 Å². The smallest absolute Gasteiger partial charge is 0.371 e. The lowest BCUT2D eigenvalue weighted by Gasteiger charge is -1.87. The number of carboxylic acid groups (broad SMARTS) is 1. The highest BCUT2D eigenvalue weighted by Crippen LogP contribution is 2.16. The highest BCUT2D eigenvalue weighted by atomic mass is 35.5. The normalized spacial score (nSPS) is 9.79. The van der Waals surface area contributed by atoms with Crippen LogP contribution in [0.3, 0.4) is 0 Å². The fraction of sp³-hybridized carbons (Fsp3) is 0. The maximum Gasteiger partial charge on any atom is 0.371 e. The zero-order valence-corrected chi connectivity index (χ0v) is 7.67. The van der Waals surface area contributed by atoms with Crippen LogP contribution in [0.2, 0.25) is 5.02 Å². The minimum Gasteiger partial charge on any atom is -0.475 e. The van der Waals surface area contributed by atoms with Crippen molar-refractivity contribution in [3.63, 3.8) is 0 Å². The number of carboxylic acids is 1. The molecule has 0 unspecified atom stereocenters. The molecule has 5 nitrogen and oxygen atoms in total. The van der Waals surface area contributed by atoms with E-state index < -0.39 is 5.97 Å². The zero-order chi connectivity index (χ0) is 9.42. The van der Waals surface area contributed by atoms with Gasteiger partial charge in [0.15, 0.2) is 0 Å². The number of rotatable bonds is 1. The van der Waals surface area contributed by atoms with Crippen LogP contribution in [0.15, 0.2) is 18.2 Å². The van der Waals surface area contributed by atoms with Gasteiger partial charge in [-0.25, -0.2) is 9.78 Å². The van der Waals surface area contributed by atoms with Crippen LogP contribution >= 0.6 is 11.6 Å². The quantitative estimate of drug-likeness (QED) is 0.743. The molecular formula is C8H7ClN2O3. The third-order valence-electron chi connectivity index (χ3n) is 1.65. The fourth-order valence-corrected chi connectivity index (χ4v) is 1.26. The van der Waals surface area contributed by atoms with E-state index in [-0.39, 0.29) is 11.3 Å². The van der Waals surface area contributed by atoms with Gasteiger partial charge < -0.3 is 15.6 Å². The first-order valence-electron chi connectivity index (χ1n) is 3.55. The van der Waals surface area contributed by atoms with Gasteiger partial charge in [-0.2, -0.15) is 0 Å². The summed E-state index contributed by atoms with van der Waals surface area (Å²) in [4.78, 5) is 17.0. The molecule has 0 aliphatic rings. The Morgan fingerprint density at radius 1 is 1.50 bits per heavy atom. The molecular weight excluding hydrogens is 208 g/mol. The molecule has 0 spiro atoms. The number of hydrogen-bond donors (Lipinski definition) is 2. The summed E-state index contributed by atoms with van der Waals surface area (Å²) in [6, 6.07) is 4.97. The number of hydrogen-bond acceptors (Lipinski definition) is 2. The molecule has 0 atom stereocenters. The highest BCUT2D eigenvalue weighted by Gasteiger charge is 2.08. The zero-order valence-electron chi connectivity index (χ0n) is 6.91. The summed E-state index contributed by atoms with van der Waals surface area (Å²) in [5.41, 5.74) is 1.23. The van der Waals surface area contributed by atoms with Crippen LogP contribution in [-0.4, -0.2) is 26.5 Å². The molecule has 6 heteroatoms. The number of halogens is 1. The molecule has 0 radical (unpaired) electrons. The molecule has 1 heterocycles. The summed E-state index contributed by atoms with van der Waals surface area (Å²) < 4.78 is 0. The minimum absolute atomic E-state index is 0. The van der Waals surface area contributed by atoms with E-state index in [1.165, 1.54) is 0 Å². The van der Waals surface area contributed by atoms with Gasteiger partial charge in [0.1, 0.15) is 0 Å². The number of fused-ring (bicyclic) bond motifs is 1. The van der Waals surface area contributed by atoms with Gasteiger partial charge in [-0.05, 0) is 18.2 Å². The molecule has 1 aromatic heterocycles. The van der Waals surface area contributed by atoms with Crippen LogP contribution in [0.25, 0.3) is 11.0 Å². The Kier molecular flexibility index (Phi) is 2.73. The van der Waals surface area contributed by atoms with Crippen molar-refractivity contribution < 1.29 is 15.4 Å². The average molecular weight is 215 g/mol. The third kappa shape index (κ3) is 1.68. The molecule has 2 aromatic rings. The van der Waals surface area contributed by atoms with Crippen molar-refractivity contribution in [3.8, 4) is 0 Å². The van der Waals surface area contributed by atoms with Crippen molar-refractivity contribution in [2.45, 2.75) is 0 Å². The number of aromatic amines is 1. The highest BCUT2D eigenvalue weighted by molar-refractivity contribution is 6.31. The number of H-pyrrole nitrogens is 1. The number of aromatic nitrogens is 2. The lowest BCUT2D eigenvalue weighted by atomic mass is 10.3. The number of nitrogens with zero attached hydrogens (tertiary/aromatic N) is 1. The molecule has 4 N–H and O–H groups in total. The maximum atomic E-state index is 10.5. The summed E-state index contributed by atoms with van der Waals surface area (Å²) in [7, 11) is 0. The van der Waals surface area contributed by atoms with Crippen LogP contribution in [0.4, 0.5) is 0 Å². The molecule has 0 amide bonds. The molecule has 0 saturated heterocycles. The predicted molar refractivity (Wildman–Crippen MR) is 51.7 cm³/mol. The third-order valence-corrected chi connectivity index (χ3v) is 1.88. The minimum atomic E-state index is -1.08. The second-order valence-electron chi connectivity index (χ2n) is 2.55. The Morgan fingerprint density at radius 2 is 2.21 bits per heavy atom. The standard InChI is InChI=1S/C8H5ClN2O2.H2O/c9-4-1-2-5-6(3-4)11-7(10-5)8(12)13;/h1-3H,(H,10,11)(H,12,13);1H2. The van der Waals surface area contributed by atoms with Crippen LogP contribution in [-0.2, 0) is 0 Å². The monoisotopic (exact) mass is 214 g/mol. The maximum absolute atomic E-state index is 10.5. The number of benzene rings is 1. The summed E-state index contributed by atoms with van der Waals surface area (Å²) in [5.74, 6) is -1.15. The van der Waals surface area contributed by atoms with E-state index >= 15 is 0 Å². The van der Waals surface area contributed by atoms with Gasteiger partial charge in [-0.15, -0.1) is 0 Å². The van der Waals surface area contributed by atoms with E-state index in [0.29, 0.717) is 16.1 Å². The molecule has 14 heavy (non-hydrogen) atoms. The second kappa shape index (κ2) is 3.65. The van der Waals surface area contributed by atoms with E-state index in [1.54, 1.807) is 18.2 Å². The average Bonchev–Trinajstić information content (AvgIpc) is 2.46. The first kappa shape index (κ1) is 10.5. The molecule has 1 aromatic carbocycles. The van der Waals surface area contributed by atoms with Gasteiger partial charge in [0.2, 0.25) is 5.82 Å². The van der Waals surface area contributed by atoms with Gasteiger partial charge in [0, 0.05) is 5.02 Å². The van der Waals surface area contributed by atoms with Crippen molar-refractivity contribution in [1.82, 2.24) is 9.97 Å². The van der Waals surface area contributed by atoms with Crippen molar-refractivity contribution in [3.05, 3.63) is 29.0 Å². The summed E-state index contributed by atoms with van der Waals surface area (Å²) in [6.07, 6.45) is 0. The van der Waals surface area contributed by atoms with Crippen molar-refractivity contribution in [2.24, 2.45) is 0 Å². The number of carbonyl (C=O) groups is 1. The van der Waals surface area contributed by atoms with Crippen LogP contribution in [0, 0.1) is 0 Å². The van der Waals surface area contributed by atoms with E-state index in [2.05, 4.69) is 9.97 Å². The molecule has 2 rings (SSSR count). The molecule has 0 aliphatic carbocycles. The lowest BCUT2D eigenvalue weighted by molar-refractivity contribution is 0.0685. The Hall–Kier alpha value is -1.59. The van der Waals surface area contributed by atoms with Crippen LogP contribution in [0.5, 0.6) is 0 Å². The predicted octanol–water partition coefficient (Wildman–Crippen LogP) is 1.09. The molecule has 74 valence electrons. The summed E-state index contributed by atoms with van der Waals surface area (Å²) in [5, 5.41) is 9.18. The topological polar surface area (TPSA) is 97.5 Å². The Balaban J connectivity index is 0.000000980. The van der Waals surface area contributed by atoms with Gasteiger partial charge in [-0.3, -0.25) is 0 Å². The Morgan fingerprint density at radius 3 is 2.86 bits per heavy atom. The second-order valence-corrected chi connectivity index (χ2v) is 2.99. The van der Waals surface area contributed by atoms with Crippen LogP contribution in [0.1, 0.15) is 10.6 Å². The van der Waals surface area contributed by atoms with Gasteiger partial charge in [0.25, 0.3) is 0 Å². The molecule has 0 fully saturated rings. The Bertz CT molecular complexity index is 480. The Labute approximate surface area is 83.6 Å². The first-order valence-corrected chi connectivity index (χ1v) is 3.93. The number of aromatic carboxylic acids is 1. The van der Waals surface area contributed by atoms with Crippen molar-refractivity contribution in [2.75, 3.05) is 0 Å². The van der Waals surface area contributed by atoms with Gasteiger partial charge >= 0.3 is 5.97 Å². The fourth-order valence-electron chi connectivity index (χ4n) is 1.08. The molecule has 0 bridgehead atoms. The van der Waals surface area contributed by atoms with Gasteiger partial charge in [-0.1, -0.05) is 11.6 Å². The van der Waals surface area contributed by atoms with Crippen molar-refractivity contribution >= 4 is 28.6 Å². The summed E-state index contributed by atoms with van der Waals surface area (Å²) in [6.45, 7) is 0. The van der Waals surface area contributed by atoms with E-state index in [4.69, 9.17) is 16.7 Å². The summed E-state index contributed by atoms with van der Waals surface area (Å²) >= 11 is 5.71. The van der Waals surface area contributed by atoms with Gasteiger partial charge in [0.05, 0.1) is 11.0 Å². The largest absolute Gasteiger partial charge is 0.475 e. The number of imidazole rings is 1. The first-order chi connectivity index (χ1) is 6.16. The molecule has 0 aliphatic heterocycles. The SMILES string of the molecule is O.O=C(O)c1nc2ccc(Cl)cc2[nH]1.